The molecule has 2 N–H and O–H groups in total. The molecule has 0 bridgehead atoms. The molecule has 0 unspecified atom stereocenters. The molecule has 0 spiro atoms. The van der Waals surface area contributed by atoms with Gasteiger partial charge in [0.05, 0.1) is 23.2 Å². The average Bonchev–Trinajstić information content (AvgIpc) is 2.82. The van der Waals surface area contributed by atoms with E-state index in [2.05, 4.69) is 15.6 Å². The van der Waals surface area contributed by atoms with Crippen LogP contribution in [0.3, 0.4) is 0 Å². The quantitative estimate of drug-likeness (QED) is 0.455. The molecule has 1 atom stereocenters. The first-order valence-corrected chi connectivity index (χ1v) is 10.6. The van der Waals surface area contributed by atoms with Crippen LogP contribution in [-0.2, 0) is 4.74 Å². The van der Waals surface area contributed by atoms with Gasteiger partial charge in [0.2, 0.25) is 0 Å². The lowest BCUT2D eigenvalue weighted by Crippen LogP contribution is -2.47. The molecule has 0 saturated carbocycles. The van der Waals surface area contributed by atoms with Crippen LogP contribution in [0, 0.1) is 5.82 Å². The molecular weight excluding hydrogens is 473 g/mol. The van der Waals surface area contributed by atoms with Crippen molar-refractivity contribution in [1.29, 1.82) is 0 Å². The molecule has 34 heavy (non-hydrogen) atoms. The minimum atomic E-state index is -2.61. The molecule has 11 heteroatoms. The van der Waals surface area contributed by atoms with Crippen LogP contribution in [0.15, 0.2) is 54.7 Å². The van der Waals surface area contributed by atoms with Crippen LogP contribution in [0.25, 0.3) is 10.8 Å². The smallest absolute Gasteiger partial charge is 0.412 e. The Hall–Kier alpha value is -3.37. The van der Waals surface area contributed by atoms with Crippen LogP contribution < -0.4 is 10.6 Å². The van der Waals surface area contributed by atoms with E-state index in [9.17, 15) is 22.8 Å². The Labute approximate surface area is 198 Å². The number of pyridine rings is 1. The number of likely N-dealkylation sites (N-methyl/N-ethyl adjacent to an activating group) is 1. The lowest BCUT2D eigenvalue weighted by Gasteiger charge is -2.28. The van der Waals surface area contributed by atoms with Gasteiger partial charge in [-0.25, -0.2) is 22.9 Å². The largest absolute Gasteiger partial charge is 0.447 e. The highest BCUT2D eigenvalue weighted by Crippen LogP contribution is 2.22. The van der Waals surface area contributed by atoms with Crippen molar-refractivity contribution in [3.8, 4) is 0 Å². The number of ether oxygens (including phenoxy) is 1. The second kappa shape index (κ2) is 11.7. The van der Waals surface area contributed by atoms with E-state index >= 15 is 0 Å². The Bertz CT molecular complexity index is 1170. The number of halogens is 4. The Morgan fingerprint density at radius 3 is 2.59 bits per heavy atom. The van der Waals surface area contributed by atoms with Gasteiger partial charge in [-0.1, -0.05) is 41.9 Å². The van der Waals surface area contributed by atoms with Gasteiger partial charge < -0.3 is 15.0 Å². The van der Waals surface area contributed by atoms with E-state index < -0.39 is 36.8 Å². The zero-order chi connectivity index (χ0) is 24.7. The number of carbonyl (C=O) groups is 2. The highest BCUT2D eigenvalue weighted by molar-refractivity contribution is 6.34. The number of benzene rings is 2. The maximum atomic E-state index is 13.8. The minimum absolute atomic E-state index is 0.104. The van der Waals surface area contributed by atoms with Crippen molar-refractivity contribution in [1.82, 2.24) is 15.2 Å². The first-order chi connectivity index (χ1) is 16.3. The van der Waals surface area contributed by atoms with E-state index in [1.807, 2.05) is 24.3 Å². The molecule has 0 fully saturated rings. The number of rotatable bonds is 9. The van der Waals surface area contributed by atoms with Crippen molar-refractivity contribution in [2.45, 2.75) is 12.5 Å². The molecular formula is C23H22ClF3N4O3. The summed E-state index contributed by atoms with van der Waals surface area (Å²) < 4.78 is 44.1. The number of aromatic nitrogens is 1. The van der Waals surface area contributed by atoms with Crippen LogP contribution in [0.5, 0.6) is 0 Å². The molecule has 180 valence electrons. The van der Waals surface area contributed by atoms with Gasteiger partial charge in [-0.3, -0.25) is 10.1 Å². The zero-order valence-electron chi connectivity index (χ0n) is 18.1. The second-order valence-corrected chi connectivity index (χ2v) is 7.74. The van der Waals surface area contributed by atoms with Crippen LogP contribution in [0.1, 0.15) is 10.4 Å². The van der Waals surface area contributed by atoms with Crippen molar-refractivity contribution in [2.75, 3.05) is 32.1 Å². The first-order valence-electron chi connectivity index (χ1n) is 10.2. The number of carbonyl (C=O) groups excluding carboxylic acids is 2. The van der Waals surface area contributed by atoms with Gasteiger partial charge >= 0.3 is 6.09 Å². The van der Waals surface area contributed by atoms with Gasteiger partial charge in [0, 0.05) is 25.2 Å². The van der Waals surface area contributed by atoms with E-state index in [1.165, 1.54) is 19.2 Å². The third-order valence-electron chi connectivity index (χ3n) is 5.00. The maximum absolute atomic E-state index is 13.8. The van der Waals surface area contributed by atoms with Gasteiger partial charge in [-0.15, -0.1) is 0 Å². The highest BCUT2D eigenvalue weighted by Gasteiger charge is 2.25. The SMILES string of the molecule is CN(C(=O)c1cccc(F)c1Cl)[C@@H](CNCC(F)F)COC(=O)Nc1cc2ccccc2cn1. The summed E-state index contributed by atoms with van der Waals surface area (Å²) in [5.41, 5.74) is -0.104. The van der Waals surface area contributed by atoms with Crippen LogP contribution >= 0.6 is 11.6 Å². The Morgan fingerprint density at radius 2 is 1.85 bits per heavy atom. The summed E-state index contributed by atoms with van der Waals surface area (Å²) in [6.45, 7) is -1.06. The average molecular weight is 495 g/mol. The molecule has 0 aliphatic carbocycles. The molecule has 0 aliphatic rings. The van der Waals surface area contributed by atoms with E-state index in [-0.39, 0.29) is 29.6 Å². The van der Waals surface area contributed by atoms with Crippen molar-refractivity contribution < 1.29 is 27.5 Å². The fourth-order valence-corrected chi connectivity index (χ4v) is 3.36. The Morgan fingerprint density at radius 1 is 1.12 bits per heavy atom. The van der Waals surface area contributed by atoms with Crippen molar-refractivity contribution >= 4 is 40.2 Å². The highest BCUT2D eigenvalue weighted by atomic mass is 35.5. The molecule has 0 radical (unpaired) electrons. The standard InChI is InChI=1S/C23H22ClF3N4O3/c1-31(22(32)17-7-4-8-18(25)21(17)24)16(11-28-12-19(26)27)13-34-23(33)30-20-9-14-5-2-3-6-15(14)10-29-20/h2-10,16,19,28H,11-13H2,1H3,(H,29,30,33)/t16-/m0/s1. The zero-order valence-corrected chi connectivity index (χ0v) is 18.9. The van der Waals surface area contributed by atoms with Gasteiger partial charge in [0.25, 0.3) is 12.3 Å². The van der Waals surface area contributed by atoms with Gasteiger partial charge in [0.15, 0.2) is 0 Å². The number of alkyl halides is 2. The summed E-state index contributed by atoms with van der Waals surface area (Å²) in [5, 5.41) is 6.40. The molecule has 0 aliphatic heterocycles. The fraction of sp³-hybridized carbons (Fsp3) is 0.261. The van der Waals surface area contributed by atoms with E-state index in [0.717, 1.165) is 21.7 Å². The summed E-state index contributed by atoms with van der Waals surface area (Å²) in [7, 11) is 1.38. The molecule has 2 amide bonds. The normalized spacial score (nSPS) is 11.9. The molecule has 1 heterocycles. The predicted molar refractivity (Wildman–Crippen MR) is 123 cm³/mol. The minimum Gasteiger partial charge on any atom is -0.447 e. The van der Waals surface area contributed by atoms with Crippen molar-refractivity contribution in [3.63, 3.8) is 0 Å². The number of anilines is 1. The second-order valence-electron chi connectivity index (χ2n) is 7.36. The summed E-state index contributed by atoms with van der Waals surface area (Å²) in [5.74, 6) is -1.17. The number of nitrogens with one attached hydrogen (secondary N) is 2. The van der Waals surface area contributed by atoms with Crippen molar-refractivity contribution in [3.05, 3.63) is 71.1 Å². The Balaban J connectivity index is 1.67. The van der Waals surface area contributed by atoms with Crippen LogP contribution in [0.2, 0.25) is 5.02 Å². The predicted octanol–water partition coefficient (Wildman–Crippen LogP) is 4.57. The number of fused-ring (bicyclic) bond motifs is 1. The van der Waals surface area contributed by atoms with Gasteiger partial charge in [0.1, 0.15) is 18.2 Å². The fourth-order valence-electron chi connectivity index (χ4n) is 3.16. The molecule has 3 aromatic rings. The molecule has 7 nitrogen and oxygen atoms in total. The summed E-state index contributed by atoms with van der Waals surface area (Å²) in [6.07, 6.45) is -1.86. The van der Waals surface area contributed by atoms with E-state index in [1.54, 1.807) is 12.3 Å². The first kappa shape index (κ1) is 25.3. The lowest BCUT2D eigenvalue weighted by molar-refractivity contribution is 0.0618. The van der Waals surface area contributed by atoms with Crippen LogP contribution in [-0.4, -0.2) is 61.1 Å². The molecule has 2 aromatic carbocycles. The maximum Gasteiger partial charge on any atom is 0.412 e. The molecule has 3 rings (SSSR count). The van der Waals surface area contributed by atoms with Crippen LogP contribution in [0.4, 0.5) is 23.8 Å². The summed E-state index contributed by atoms with van der Waals surface area (Å²) in [6, 6.07) is 12.0. The monoisotopic (exact) mass is 494 g/mol. The number of nitrogens with zero attached hydrogens (tertiary/aromatic N) is 2. The topological polar surface area (TPSA) is 83.6 Å². The van der Waals surface area contributed by atoms with E-state index in [0.29, 0.717) is 0 Å². The Kier molecular flexibility index (Phi) is 8.67. The molecule has 0 saturated heterocycles. The number of hydrogen-bond donors (Lipinski definition) is 2. The molecule has 1 aromatic heterocycles. The number of amides is 2. The third kappa shape index (κ3) is 6.58. The lowest BCUT2D eigenvalue weighted by atomic mass is 10.1. The number of hydrogen-bond acceptors (Lipinski definition) is 5. The summed E-state index contributed by atoms with van der Waals surface area (Å²) >= 11 is 5.90. The van der Waals surface area contributed by atoms with E-state index in [4.69, 9.17) is 16.3 Å². The van der Waals surface area contributed by atoms with Crippen molar-refractivity contribution in [2.24, 2.45) is 0 Å². The summed E-state index contributed by atoms with van der Waals surface area (Å²) in [4.78, 5) is 30.5. The van der Waals surface area contributed by atoms with Gasteiger partial charge in [-0.05, 0) is 23.6 Å². The van der Waals surface area contributed by atoms with Gasteiger partial charge in [-0.2, -0.15) is 0 Å². The third-order valence-corrected chi connectivity index (χ3v) is 5.38.